The fraction of sp³-hybridized carbons (Fsp3) is 0.250. The maximum Gasteiger partial charge on any atom is 0.170 e. The van der Waals surface area contributed by atoms with Gasteiger partial charge in [0.15, 0.2) is 5.11 Å². The normalized spacial score (nSPS) is 10.0. The molecule has 18 heavy (non-hydrogen) atoms. The van der Waals surface area contributed by atoms with Gasteiger partial charge < -0.3 is 15.2 Å². The number of aryl methyl sites for hydroxylation is 1. The number of aromatic nitrogens is 3. The third-order valence-corrected chi connectivity index (χ3v) is 2.62. The van der Waals surface area contributed by atoms with E-state index in [9.17, 15) is 0 Å². The second-order valence-electron chi connectivity index (χ2n) is 3.77. The molecule has 0 spiro atoms. The molecule has 2 heterocycles. The Morgan fingerprint density at radius 3 is 2.78 bits per heavy atom. The predicted octanol–water partition coefficient (Wildman–Crippen LogP) is 1.65. The predicted molar refractivity (Wildman–Crippen MR) is 75.3 cm³/mol. The number of imidazole rings is 1. The summed E-state index contributed by atoms with van der Waals surface area (Å²) >= 11 is 5.19. The molecule has 2 aromatic heterocycles. The van der Waals surface area contributed by atoms with Crippen molar-refractivity contribution in [1.82, 2.24) is 19.9 Å². The Morgan fingerprint density at radius 2 is 2.06 bits per heavy atom. The van der Waals surface area contributed by atoms with Crippen LogP contribution in [0.1, 0.15) is 6.42 Å². The number of anilines is 1. The molecule has 94 valence electrons. The van der Waals surface area contributed by atoms with Gasteiger partial charge in [0.05, 0.1) is 6.33 Å². The monoisotopic (exact) mass is 261 g/mol. The third kappa shape index (κ3) is 4.14. The molecule has 0 aliphatic carbocycles. The molecular formula is C12H15N5S. The number of rotatable bonds is 5. The fourth-order valence-corrected chi connectivity index (χ4v) is 1.71. The van der Waals surface area contributed by atoms with Gasteiger partial charge in [-0.1, -0.05) is 0 Å². The molecule has 0 amide bonds. The van der Waals surface area contributed by atoms with Gasteiger partial charge in [-0.25, -0.2) is 4.98 Å². The highest BCUT2D eigenvalue weighted by Gasteiger charge is 1.96. The van der Waals surface area contributed by atoms with E-state index in [1.54, 1.807) is 18.6 Å². The molecular weight excluding hydrogens is 246 g/mol. The second kappa shape index (κ2) is 6.70. The molecule has 6 heteroatoms. The van der Waals surface area contributed by atoms with E-state index in [4.69, 9.17) is 12.2 Å². The number of thiocarbonyl (C=S) groups is 1. The van der Waals surface area contributed by atoms with Gasteiger partial charge in [-0.2, -0.15) is 0 Å². The Labute approximate surface area is 111 Å². The highest BCUT2D eigenvalue weighted by molar-refractivity contribution is 7.80. The smallest absolute Gasteiger partial charge is 0.170 e. The number of nitrogens with one attached hydrogen (secondary N) is 2. The van der Waals surface area contributed by atoms with Gasteiger partial charge in [-0.05, 0) is 30.8 Å². The van der Waals surface area contributed by atoms with Crippen molar-refractivity contribution in [2.24, 2.45) is 0 Å². The largest absolute Gasteiger partial charge is 0.362 e. The minimum Gasteiger partial charge on any atom is -0.362 e. The number of nitrogens with zero attached hydrogens (tertiary/aromatic N) is 3. The van der Waals surface area contributed by atoms with Crippen LogP contribution in [0.4, 0.5) is 5.69 Å². The zero-order chi connectivity index (χ0) is 12.6. The highest BCUT2D eigenvalue weighted by atomic mass is 32.1. The SMILES string of the molecule is S=C(NCCCn1ccnc1)Nc1ccncc1. The highest BCUT2D eigenvalue weighted by Crippen LogP contribution is 2.02. The van der Waals surface area contributed by atoms with E-state index in [-0.39, 0.29) is 0 Å². The van der Waals surface area contributed by atoms with Crippen molar-refractivity contribution in [1.29, 1.82) is 0 Å². The van der Waals surface area contributed by atoms with Crippen LogP contribution in [0.5, 0.6) is 0 Å². The first-order chi connectivity index (χ1) is 8.84. The maximum absolute atomic E-state index is 5.19. The molecule has 0 aliphatic rings. The van der Waals surface area contributed by atoms with Crippen molar-refractivity contribution in [3.63, 3.8) is 0 Å². The summed E-state index contributed by atoms with van der Waals surface area (Å²) in [5, 5.41) is 6.89. The molecule has 2 rings (SSSR count). The van der Waals surface area contributed by atoms with Crippen LogP contribution in [-0.2, 0) is 6.54 Å². The first kappa shape index (κ1) is 12.5. The van der Waals surface area contributed by atoms with Crippen LogP contribution < -0.4 is 10.6 Å². The summed E-state index contributed by atoms with van der Waals surface area (Å²) in [5.74, 6) is 0. The van der Waals surface area contributed by atoms with Crippen molar-refractivity contribution >= 4 is 23.0 Å². The molecule has 0 bridgehead atoms. The van der Waals surface area contributed by atoms with Crippen molar-refractivity contribution in [2.45, 2.75) is 13.0 Å². The van der Waals surface area contributed by atoms with E-state index in [1.165, 1.54) is 0 Å². The molecule has 2 N–H and O–H groups in total. The van der Waals surface area contributed by atoms with E-state index in [0.717, 1.165) is 25.2 Å². The Kier molecular flexibility index (Phi) is 4.66. The number of pyridine rings is 1. The molecule has 0 aromatic carbocycles. The van der Waals surface area contributed by atoms with E-state index >= 15 is 0 Å². The topological polar surface area (TPSA) is 54.8 Å². The summed E-state index contributed by atoms with van der Waals surface area (Å²) < 4.78 is 2.04. The van der Waals surface area contributed by atoms with E-state index in [2.05, 4.69) is 20.6 Å². The van der Waals surface area contributed by atoms with Gasteiger partial charge in [0.2, 0.25) is 0 Å². The van der Waals surface area contributed by atoms with Gasteiger partial charge in [-0.15, -0.1) is 0 Å². The molecule has 0 fully saturated rings. The molecule has 0 aliphatic heterocycles. The summed E-state index contributed by atoms with van der Waals surface area (Å²) in [5.41, 5.74) is 0.942. The van der Waals surface area contributed by atoms with Crippen LogP contribution in [0.3, 0.4) is 0 Å². The number of hydrogen-bond donors (Lipinski definition) is 2. The van der Waals surface area contributed by atoms with Gasteiger partial charge in [-0.3, -0.25) is 4.98 Å². The van der Waals surface area contributed by atoms with Crippen LogP contribution >= 0.6 is 12.2 Å². The van der Waals surface area contributed by atoms with Crippen molar-refractivity contribution in [3.8, 4) is 0 Å². The number of hydrogen-bond acceptors (Lipinski definition) is 3. The lowest BCUT2D eigenvalue weighted by atomic mass is 10.4. The lowest BCUT2D eigenvalue weighted by Gasteiger charge is -2.10. The Balaban J connectivity index is 1.63. The molecule has 2 aromatic rings. The van der Waals surface area contributed by atoms with Gasteiger partial charge in [0, 0.05) is 43.6 Å². The maximum atomic E-state index is 5.19. The zero-order valence-corrected chi connectivity index (χ0v) is 10.7. The van der Waals surface area contributed by atoms with Crippen LogP contribution in [0, 0.1) is 0 Å². The van der Waals surface area contributed by atoms with Crippen molar-refractivity contribution < 1.29 is 0 Å². The van der Waals surface area contributed by atoms with Gasteiger partial charge in [0.1, 0.15) is 0 Å². The quantitative estimate of drug-likeness (QED) is 0.633. The third-order valence-electron chi connectivity index (χ3n) is 2.38. The van der Waals surface area contributed by atoms with Crippen molar-refractivity contribution in [2.75, 3.05) is 11.9 Å². The molecule has 0 saturated carbocycles. The van der Waals surface area contributed by atoms with Crippen LogP contribution in [0.2, 0.25) is 0 Å². The molecule has 0 atom stereocenters. The standard InChI is InChI=1S/C12H15N5S/c18-12(16-11-2-5-13-6-3-11)15-4-1-8-17-9-7-14-10-17/h2-3,5-7,9-10H,1,4,8H2,(H2,13,15,16,18). The second-order valence-corrected chi connectivity index (χ2v) is 4.18. The fourth-order valence-electron chi connectivity index (χ4n) is 1.49. The van der Waals surface area contributed by atoms with Gasteiger partial charge in [0.25, 0.3) is 0 Å². The Bertz CT molecular complexity index is 468. The minimum absolute atomic E-state index is 0.631. The first-order valence-corrected chi connectivity index (χ1v) is 6.16. The van der Waals surface area contributed by atoms with E-state index in [0.29, 0.717) is 5.11 Å². The van der Waals surface area contributed by atoms with Crippen LogP contribution in [0.15, 0.2) is 43.2 Å². The lowest BCUT2D eigenvalue weighted by molar-refractivity contribution is 0.632. The van der Waals surface area contributed by atoms with E-state index < -0.39 is 0 Å². The van der Waals surface area contributed by atoms with Crippen LogP contribution in [-0.4, -0.2) is 26.2 Å². The van der Waals surface area contributed by atoms with Crippen LogP contribution in [0.25, 0.3) is 0 Å². The molecule has 0 saturated heterocycles. The van der Waals surface area contributed by atoms with Crippen molar-refractivity contribution in [3.05, 3.63) is 43.2 Å². The molecule has 5 nitrogen and oxygen atoms in total. The minimum atomic E-state index is 0.631. The van der Waals surface area contributed by atoms with E-state index in [1.807, 2.05) is 29.2 Å². The molecule has 0 unspecified atom stereocenters. The summed E-state index contributed by atoms with van der Waals surface area (Å²) in [6.07, 6.45) is 9.99. The Morgan fingerprint density at radius 1 is 1.22 bits per heavy atom. The summed E-state index contributed by atoms with van der Waals surface area (Å²) in [6, 6.07) is 3.75. The summed E-state index contributed by atoms with van der Waals surface area (Å²) in [7, 11) is 0. The van der Waals surface area contributed by atoms with Gasteiger partial charge >= 0.3 is 0 Å². The lowest BCUT2D eigenvalue weighted by Crippen LogP contribution is -2.29. The average molecular weight is 261 g/mol. The summed E-state index contributed by atoms with van der Waals surface area (Å²) in [4.78, 5) is 7.93. The summed E-state index contributed by atoms with van der Waals surface area (Å²) in [6.45, 7) is 1.76. The Hall–Kier alpha value is -1.95. The zero-order valence-electron chi connectivity index (χ0n) is 9.91. The first-order valence-electron chi connectivity index (χ1n) is 5.75. The molecule has 0 radical (unpaired) electrons. The average Bonchev–Trinajstić information content (AvgIpc) is 2.89.